The highest BCUT2D eigenvalue weighted by Gasteiger charge is 2.19. The van der Waals surface area contributed by atoms with Crippen molar-refractivity contribution in [2.45, 2.75) is 27.2 Å². The Labute approximate surface area is 355 Å². The number of para-hydroxylation sites is 2. The van der Waals surface area contributed by atoms with Gasteiger partial charge in [-0.15, -0.1) is 11.3 Å². The Morgan fingerprint density at radius 3 is 1.75 bits per heavy atom. The molecule has 286 valence electrons. The summed E-state index contributed by atoms with van der Waals surface area (Å²) in [4.78, 5) is 0. The van der Waals surface area contributed by atoms with Gasteiger partial charge in [0.15, 0.2) is 0 Å². The van der Waals surface area contributed by atoms with Gasteiger partial charge < -0.3 is 4.57 Å². The van der Waals surface area contributed by atoms with Crippen LogP contribution in [0.15, 0.2) is 194 Å². The van der Waals surface area contributed by atoms with E-state index >= 15 is 0 Å². The molecule has 0 N–H and O–H groups in total. The van der Waals surface area contributed by atoms with E-state index in [4.69, 9.17) is 0 Å². The summed E-state index contributed by atoms with van der Waals surface area (Å²) < 4.78 is 5.08. The number of hydrogen-bond acceptors (Lipinski definition) is 1. The molecule has 2 heterocycles. The number of fused-ring (bicyclic) bond motifs is 6. The lowest BCUT2D eigenvalue weighted by atomic mass is 9.87. The molecule has 2 heteroatoms. The van der Waals surface area contributed by atoms with E-state index in [1.54, 1.807) is 0 Å². The molecular formula is C58H43NS. The zero-order chi connectivity index (χ0) is 40.3. The van der Waals surface area contributed by atoms with Gasteiger partial charge in [-0.25, -0.2) is 0 Å². The first-order valence-electron chi connectivity index (χ1n) is 20.9. The highest BCUT2D eigenvalue weighted by atomic mass is 32.1. The maximum atomic E-state index is 2.43. The predicted molar refractivity (Wildman–Crippen MR) is 259 cm³/mol. The smallest absolute Gasteiger partial charge is 0.0547 e. The molecule has 60 heavy (non-hydrogen) atoms. The van der Waals surface area contributed by atoms with Crippen molar-refractivity contribution in [3.05, 3.63) is 222 Å². The lowest BCUT2D eigenvalue weighted by Gasteiger charge is -2.17. The molecule has 0 aliphatic rings. The molecule has 0 radical (unpaired) electrons. The van der Waals surface area contributed by atoms with Crippen molar-refractivity contribution < 1.29 is 0 Å². The first-order valence-corrected chi connectivity index (χ1v) is 21.7. The molecule has 11 rings (SSSR count). The Bertz CT molecular complexity index is 3420. The van der Waals surface area contributed by atoms with Gasteiger partial charge in [0, 0.05) is 36.6 Å². The van der Waals surface area contributed by atoms with Crippen LogP contribution in [0.4, 0.5) is 0 Å². The Hall–Kier alpha value is -7.00. The second kappa shape index (κ2) is 14.7. The van der Waals surface area contributed by atoms with Crippen LogP contribution < -0.4 is 0 Å². The van der Waals surface area contributed by atoms with Crippen LogP contribution in [0, 0.1) is 20.8 Å². The highest BCUT2D eigenvalue weighted by molar-refractivity contribution is 7.25. The summed E-state index contributed by atoms with van der Waals surface area (Å²) in [6.07, 6.45) is 0.880. The zero-order valence-electron chi connectivity index (χ0n) is 34.0. The van der Waals surface area contributed by atoms with Crippen LogP contribution >= 0.6 is 11.3 Å². The number of hydrogen-bond donors (Lipinski definition) is 0. The fourth-order valence-corrected chi connectivity index (χ4v) is 10.7. The van der Waals surface area contributed by atoms with Crippen molar-refractivity contribution in [2.75, 3.05) is 0 Å². The summed E-state index contributed by atoms with van der Waals surface area (Å²) in [5.74, 6) is 0. The standard InChI is InChI=1S/C58H43NS/c1-37-25-27-41(42-28-26-38(2)51(36-42)47-31-32-56-58(49-20-11-13-24-55(49)60-56)52(47)34-40-15-6-4-7-16-40)35-50(37)45-30-29-43(33-39(45)3)46-21-14-23-54-57(46)48-19-10-12-22-53(48)59(54)44-17-8-5-9-18-44/h4-33,35-36H,34H2,1-3H3. The molecule has 1 nitrogen and oxygen atoms in total. The molecule has 9 aromatic carbocycles. The van der Waals surface area contributed by atoms with Gasteiger partial charge in [0.1, 0.15) is 0 Å². The molecular weight excluding hydrogens is 743 g/mol. The van der Waals surface area contributed by atoms with Gasteiger partial charge in [-0.2, -0.15) is 0 Å². The number of aromatic nitrogens is 1. The van der Waals surface area contributed by atoms with Gasteiger partial charge >= 0.3 is 0 Å². The number of thiophene rings is 1. The molecule has 2 aromatic heterocycles. The minimum atomic E-state index is 0.880. The average molecular weight is 786 g/mol. The second-order valence-electron chi connectivity index (χ2n) is 16.2. The fraction of sp³-hybridized carbons (Fsp3) is 0.0690. The van der Waals surface area contributed by atoms with Crippen molar-refractivity contribution >= 4 is 53.3 Å². The fourth-order valence-electron chi connectivity index (χ4n) is 9.56. The number of rotatable bonds is 7. The van der Waals surface area contributed by atoms with Crippen molar-refractivity contribution in [1.82, 2.24) is 4.57 Å². The van der Waals surface area contributed by atoms with Gasteiger partial charge in [0.05, 0.1) is 11.0 Å². The minimum Gasteiger partial charge on any atom is -0.309 e. The van der Waals surface area contributed by atoms with E-state index in [2.05, 4.69) is 219 Å². The van der Waals surface area contributed by atoms with Crippen LogP contribution in [0.5, 0.6) is 0 Å². The van der Waals surface area contributed by atoms with E-state index in [0.29, 0.717) is 0 Å². The number of aryl methyl sites for hydroxylation is 3. The lowest BCUT2D eigenvalue weighted by molar-refractivity contribution is 1.18. The third kappa shape index (κ3) is 6.06. The Kier molecular flexibility index (Phi) is 8.83. The predicted octanol–water partition coefficient (Wildman–Crippen LogP) is 16.3. The van der Waals surface area contributed by atoms with Crippen molar-refractivity contribution in [3.63, 3.8) is 0 Å². The summed E-state index contributed by atoms with van der Waals surface area (Å²) in [6.45, 7) is 6.76. The average Bonchev–Trinajstić information content (AvgIpc) is 3.84. The molecule has 0 spiro atoms. The molecule has 0 fully saturated rings. The van der Waals surface area contributed by atoms with E-state index in [9.17, 15) is 0 Å². The van der Waals surface area contributed by atoms with Crippen molar-refractivity contribution in [3.8, 4) is 50.2 Å². The molecule has 0 saturated carbocycles. The lowest BCUT2D eigenvalue weighted by Crippen LogP contribution is -1.96. The second-order valence-corrected chi connectivity index (χ2v) is 17.3. The van der Waals surface area contributed by atoms with E-state index in [1.165, 1.54) is 120 Å². The van der Waals surface area contributed by atoms with Gasteiger partial charge in [0.25, 0.3) is 0 Å². The number of nitrogens with zero attached hydrogens (tertiary/aromatic N) is 1. The minimum absolute atomic E-state index is 0.880. The summed E-state index contributed by atoms with van der Waals surface area (Å²) in [5, 5.41) is 5.29. The molecule has 0 saturated heterocycles. The van der Waals surface area contributed by atoms with E-state index in [-0.39, 0.29) is 0 Å². The van der Waals surface area contributed by atoms with Crippen LogP contribution in [0.3, 0.4) is 0 Å². The highest BCUT2D eigenvalue weighted by Crippen LogP contribution is 2.44. The van der Waals surface area contributed by atoms with E-state index < -0.39 is 0 Å². The quantitative estimate of drug-likeness (QED) is 0.152. The Morgan fingerprint density at radius 1 is 0.383 bits per heavy atom. The maximum Gasteiger partial charge on any atom is 0.0547 e. The zero-order valence-corrected chi connectivity index (χ0v) is 34.9. The molecule has 0 aliphatic heterocycles. The van der Waals surface area contributed by atoms with Crippen molar-refractivity contribution in [1.29, 1.82) is 0 Å². The summed E-state index contributed by atoms with van der Waals surface area (Å²) >= 11 is 1.90. The molecule has 0 unspecified atom stereocenters. The topological polar surface area (TPSA) is 4.93 Å². The SMILES string of the molecule is Cc1cc(-c2cccc3c2c2ccccc2n3-c2ccccc2)ccc1-c1cc(-c2ccc(C)c(-c3ccc4sc5ccccc5c4c3Cc3ccccc3)c2)ccc1C. The van der Waals surface area contributed by atoms with Crippen LogP contribution in [0.1, 0.15) is 27.8 Å². The third-order valence-electron chi connectivity index (χ3n) is 12.5. The summed E-state index contributed by atoms with van der Waals surface area (Å²) in [6, 6.07) is 71.8. The molecule has 0 bridgehead atoms. The largest absolute Gasteiger partial charge is 0.309 e. The van der Waals surface area contributed by atoms with Crippen LogP contribution in [0.25, 0.3) is 92.2 Å². The summed E-state index contributed by atoms with van der Waals surface area (Å²) in [5.41, 5.74) is 20.3. The van der Waals surface area contributed by atoms with Gasteiger partial charge in [-0.3, -0.25) is 0 Å². The molecule has 11 aromatic rings. The Balaban J connectivity index is 1.00. The van der Waals surface area contributed by atoms with Gasteiger partial charge in [-0.1, -0.05) is 146 Å². The van der Waals surface area contributed by atoms with E-state index in [1.807, 2.05) is 11.3 Å². The van der Waals surface area contributed by atoms with E-state index in [0.717, 1.165) is 6.42 Å². The van der Waals surface area contributed by atoms with Crippen molar-refractivity contribution in [2.24, 2.45) is 0 Å². The van der Waals surface area contributed by atoms with Gasteiger partial charge in [-0.05, 0) is 148 Å². The first kappa shape index (κ1) is 36.1. The first-order chi connectivity index (χ1) is 29.5. The third-order valence-corrected chi connectivity index (χ3v) is 13.6. The monoisotopic (exact) mass is 785 g/mol. The Morgan fingerprint density at radius 2 is 1.00 bits per heavy atom. The molecule has 0 amide bonds. The van der Waals surface area contributed by atoms with Crippen LogP contribution in [-0.4, -0.2) is 4.57 Å². The van der Waals surface area contributed by atoms with Gasteiger partial charge in [0.2, 0.25) is 0 Å². The summed E-state index contributed by atoms with van der Waals surface area (Å²) in [7, 11) is 0. The maximum absolute atomic E-state index is 2.43. The van der Waals surface area contributed by atoms with Crippen LogP contribution in [-0.2, 0) is 6.42 Å². The molecule has 0 aliphatic carbocycles. The number of benzene rings is 9. The molecule has 0 atom stereocenters. The normalized spacial score (nSPS) is 11.7. The van der Waals surface area contributed by atoms with Crippen LogP contribution in [0.2, 0.25) is 0 Å².